The standard InChI is InChI=1S/C25H32N2O3/c1-2-19-30-23-11-9-22(10-12-23)24(28)13-14-25(29)27-16-6-15-26(17-18-27)20-21-7-4-3-5-8-21/h3-5,7-12H,2,6,13-20H2,1H3. The largest absolute Gasteiger partial charge is 0.494 e. The van der Waals surface area contributed by atoms with E-state index in [1.54, 1.807) is 12.1 Å². The van der Waals surface area contributed by atoms with Crippen LogP contribution in [0.4, 0.5) is 0 Å². The summed E-state index contributed by atoms with van der Waals surface area (Å²) in [5.41, 5.74) is 1.94. The molecular weight excluding hydrogens is 376 g/mol. The Morgan fingerprint density at radius 3 is 2.40 bits per heavy atom. The molecule has 0 aromatic heterocycles. The smallest absolute Gasteiger partial charge is 0.223 e. The van der Waals surface area contributed by atoms with Crippen molar-refractivity contribution < 1.29 is 14.3 Å². The molecule has 1 heterocycles. The van der Waals surface area contributed by atoms with Crippen LogP contribution in [0.15, 0.2) is 54.6 Å². The lowest BCUT2D eigenvalue weighted by molar-refractivity contribution is -0.131. The number of nitrogens with zero attached hydrogens (tertiary/aromatic N) is 2. The molecule has 30 heavy (non-hydrogen) atoms. The average molecular weight is 409 g/mol. The van der Waals surface area contributed by atoms with Crippen molar-refractivity contribution in [3.8, 4) is 5.75 Å². The summed E-state index contributed by atoms with van der Waals surface area (Å²) >= 11 is 0. The van der Waals surface area contributed by atoms with Crippen LogP contribution in [0.5, 0.6) is 5.75 Å². The molecule has 5 nitrogen and oxygen atoms in total. The van der Waals surface area contributed by atoms with Gasteiger partial charge < -0.3 is 9.64 Å². The fraction of sp³-hybridized carbons (Fsp3) is 0.440. The maximum Gasteiger partial charge on any atom is 0.223 e. The van der Waals surface area contributed by atoms with Gasteiger partial charge in [0.25, 0.3) is 0 Å². The first kappa shape index (κ1) is 22.0. The van der Waals surface area contributed by atoms with Crippen molar-refractivity contribution in [1.29, 1.82) is 0 Å². The van der Waals surface area contributed by atoms with Gasteiger partial charge in [0.05, 0.1) is 6.61 Å². The second kappa shape index (κ2) is 11.5. The predicted molar refractivity (Wildman–Crippen MR) is 119 cm³/mol. The minimum atomic E-state index is 0.00548. The third-order valence-corrected chi connectivity index (χ3v) is 5.41. The lowest BCUT2D eigenvalue weighted by Crippen LogP contribution is -2.35. The summed E-state index contributed by atoms with van der Waals surface area (Å²) in [6.07, 6.45) is 2.43. The van der Waals surface area contributed by atoms with Gasteiger partial charge in [0, 0.05) is 51.1 Å². The first-order valence-corrected chi connectivity index (χ1v) is 11.0. The van der Waals surface area contributed by atoms with E-state index in [1.807, 2.05) is 23.1 Å². The van der Waals surface area contributed by atoms with E-state index < -0.39 is 0 Å². The summed E-state index contributed by atoms with van der Waals surface area (Å²) in [7, 11) is 0. The van der Waals surface area contributed by atoms with Gasteiger partial charge in [-0.3, -0.25) is 14.5 Å². The van der Waals surface area contributed by atoms with Crippen LogP contribution < -0.4 is 4.74 Å². The van der Waals surface area contributed by atoms with Crippen molar-refractivity contribution in [1.82, 2.24) is 9.80 Å². The number of carbonyl (C=O) groups is 2. The molecule has 0 spiro atoms. The highest BCUT2D eigenvalue weighted by atomic mass is 16.5. The number of benzene rings is 2. The Morgan fingerprint density at radius 1 is 0.900 bits per heavy atom. The van der Waals surface area contributed by atoms with Crippen LogP contribution in [-0.4, -0.2) is 54.3 Å². The van der Waals surface area contributed by atoms with E-state index >= 15 is 0 Å². The monoisotopic (exact) mass is 408 g/mol. The number of Topliss-reactive ketones (excluding diaryl/α,β-unsaturated/α-hetero) is 1. The van der Waals surface area contributed by atoms with Gasteiger partial charge in [-0.15, -0.1) is 0 Å². The Kier molecular flexibility index (Phi) is 8.45. The Bertz CT molecular complexity index is 805. The predicted octanol–water partition coefficient (Wildman–Crippen LogP) is 4.17. The van der Waals surface area contributed by atoms with Crippen LogP contribution in [-0.2, 0) is 11.3 Å². The number of carbonyl (C=O) groups excluding carboxylic acids is 2. The molecule has 0 unspecified atom stereocenters. The van der Waals surface area contributed by atoms with E-state index in [1.165, 1.54) is 5.56 Å². The highest BCUT2D eigenvalue weighted by Crippen LogP contribution is 2.15. The molecule has 1 fully saturated rings. The molecule has 2 aromatic rings. The number of ether oxygens (including phenoxy) is 1. The van der Waals surface area contributed by atoms with Crippen molar-refractivity contribution in [3.05, 3.63) is 65.7 Å². The quantitative estimate of drug-likeness (QED) is 0.584. The topological polar surface area (TPSA) is 49.9 Å². The summed E-state index contributed by atoms with van der Waals surface area (Å²) in [4.78, 5) is 29.4. The molecule has 3 rings (SSSR count). The SMILES string of the molecule is CCCOc1ccc(C(=O)CCC(=O)N2CCCN(Cc3ccccc3)CC2)cc1. The molecule has 1 saturated heterocycles. The first-order valence-electron chi connectivity index (χ1n) is 11.0. The molecule has 0 atom stereocenters. The van der Waals surface area contributed by atoms with Gasteiger partial charge in [0.2, 0.25) is 5.91 Å². The van der Waals surface area contributed by atoms with E-state index in [0.717, 1.165) is 51.3 Å². The highest BCUT2D eigenvalue weighted by Gasteiger charge is 2.20. The van der Waals surface area contributed by atoms with E-state index in [9.17, 15) is 9.59 Å². The van der Waals surface area contributed by atoms with Gasteiger partial charge in [-0.05, 0) is 42.7 Å². The third kappa shape index (κ3) is 6.70. The zero-order valence-corrected chi connectivity index (χ0v) is 17.9. The normalized spacial score (nSPS) is 14.9. The minimum absolute atomic E-state index is 0.00548. The molecule has 0 N–H and O–H groups in total. The van der Waals surface area contributed by atoms with Crippen molar-refractivity contribution in [3.63, 3.8) is 0 Å². The van der Waals surface area contributed by atoms with Crippen LogP contribution in [0.3, 0.4) is 0 Å². The van der Waals surface area contributed by atoms with Gasteiger partial charge in [0.1, 0.15) is 5.75 Å². The second-order valence-corrected chi connectivity index (χ2v) is 7.79. The maximum absolute atomic E-state index is 12.7. The van der Waals surface area contributed by atoms with Gasteiger partial charge in [-0.2, -0.15) is 0 Å². The van der Waals surface area contributed by atoms with Crippen LogP contribution in [0, 0.1) is 0 Å². The highest BCUT2D eigenvalue weighted by molar-refractivity contribution is 5.98. The minimum Gasteiger partial charge on any atom is -0.494 e. The summed E-state index contributed by atoms with van der Waals surface area (Å²) in [6.45, 7) is 6.99. The maximum atomic E-state index is 12.7. The van der Waals surface area contributed by atoms with Crippen molar-refractivity contribution >= 4 is 11.7 Å². The number of hydrogen-bond acceptors (Lipinski definition) is 4. The Hall–Kier alpha value is -2.66. The van der Waals surface area contributed by atoms with Crippen molar-refractivity contribution in [2.75, 3.05) is 32.8 Å². The van der Waals surface area contributed by atoms with Crippen molar-refractivity contribution in [2.24, 2.45) is 0 Å². The second-order valence-electron chi connectivity index (χ2n) is 7.79. The summed E-state index contributed by atoms with van der Waals surface area (Å²) in [5, 5.41) is 0. The molecule has 1 amide bonds. The molecule has 1 aliphatic rings. The van der Waals surface area contributed by atoms with E-state index in [4.69, 9.17) is 4.74 Å². The molecule has 0 aliphatic carbocycles. The third-order valence-electron chi connectivity index (χ3n) is 5.41. The average Bonchev–Trinajstić information content (AvgIpc) is 3.02. The summed E-state index contributed by atoms with van der Waals surface area (Å²) < 4.78 is 5.55. The van der Waals surface area contributed by atoms with Crippen LogP contribution in [0.25, 0.3) is 0 Å². The van der Waals surface area contributed by atoms with Crippen LogP contribution >= 0.6 is 0 Å². The van der Waals surface area contributed by atoms with Gasteiger partial charge in [0.15, 0.2) is 5.78 Å². The lowest BCUT2D eigenvalue weighted by atomic mass is 10.1. The Labute approximate surface area is 179 Å². The fourth-order valence-corrected chi connectivity index (χ4v) is 3.70. The van der Waals surface area contributed by atoms with Gasteiger partial charge >= 0.3 is 0 Å². The molecule has 5 heteroatoms. The first-order chi connectivity index (χ1) is 14.7. The molecule has 0 bridgehead atoms. The number of ketones is 1. The van der Waals surface area contributed by atoms with E-state index in [-0.39, 0.29) is 24.5 Å². The van der Waals surface area contributed by atoms with Crippen LogP contribution in [0.2, 0.25) is 0 Å². The number of hydrogen-bond donors (Lipinski definition) is 0. The van der Waals surface area contributed by atoms with Gasteiger partial charge in [-0.25, -0.2) is 0 Å². The van der Waals surface area contributed by atoms with Crippen LogP contribution in [0.1, 0.15) is 48.5 Å². The van der Waals surface area contributed by atoms with Crippen molar-refractivity contribution in [2.45, 2.75) is 39.2 Å². The number of rotatable bonds is 9. The Morgan fingerprint density at radius 2 is 1.67 bits per heavy atom. The van der Waals surface area contributed by atoms with Gasteiger partial charge in [-0.1, -0.05) is 37.3 Å². The molecule has 1 aliphatic heterocycles. The molecule has 0 saturated carbocycles. The molecule has 0 radical (unpaired) electrons. The summed E-state index contributed by atoms with van der Waals surface area (Å²) in [5.74, 6) is 0.854. The zero-order valence-electron chi connectivity index (χ0n) is 17.9. The van der Waals surface area contributed by atoms with E-state index in [0.29, 0.717) is 12.2 Å². The van der Waals surface area contributed by atoms with E-state index in [2.05, 4.69) is 36.1 Å². The Balaban J connectivity index is 1.43. The molecule has 160 valence electrons. The number of amides is 1. The zero-order chi connectivity index (χ0) is 21.2. The summed E-state index contributed by atoms with van der Waals surface area (Å²) in [6, 6.07) is 17.6. The molecular formula is C25H32N2O3. The lowest BCUT2D eigenvalue weighted by Gasteiger charge is -2.22. The fourth-order valence-electron chi connectivity index (χ4n) is 3.70. The molecule has 2 aromatic carbocycles.